The first-order chi connectivity index (χ1) is 11.5. The summed E-state index contributed by atoms with van der Waals surface area (Å²) < 4.78 is 32.9. The van der Waals surface area contributed by atoms with Gasteiger partial charge in [-0.15, -0.1) is 11.3 Å². The summed E-state index contributed by atoms with van der Waals surface area (Å²) in [5.74, 6) is 1.23. The molecular weight excluding hydrogens is 342 g/mol. The first-order valence-corrected chi connectivity index (χ1v) is 10.6. The normalized spacial score (nSPS) is 17.1. The summed E-state index contributed by atoms with van der Waals surface area (Å²) in [4.78, 5) is 1.72. The van der Waals surface area contributed by atoms with Gasteiger partial charge in [0.2, 0.25) is 10.0 Å². The maximum Gasteiger partial charge on any atom is 0.243 e. The van der Waals surface area contributed by atoms with Crippen molar-refractivity contribution in [2.75, 3.05) is 19.7 Å². The molecule has 0 bridgehead atoms. The maximum absolute atomic E-state index is 12.9. The molecule has 0 spiro atoms. The zero-order valence-electron chi connectivity index (χ0n) is 14.1. The Kier molecular flexibility index (Phi) is 5.27. The molecule has 1 aromatic carbocycles. The van der Waals surface area contributed by atoms with Gasteiger partial charge in [0.1, 0.15) is 5.75 Å². The van der Waals surface area contributed by atoms with Crippen LogP contribution in [0.1, 0.15) is 36.1 Å². The van der Waals surface area contributed by atoms with E-state index < -0.39 is 10.0 Å². The lowest BCUT2D eigenvalue weighted by Gasteiger charge is -2.31. The van der Waals surface area contributed by atoms with Crippen LogP contribution in [0.5, 0.6) is 5.75 Å². The molecule has 1 aliphatic rings. The van der Waals surface area contributed by atoms with Crippen LogP contribution < -0.4 is 4.74 Å². The van der Waals surface area contributed by atoms with Crippen LogP contribution in [-0.2, 0) is 10.0 Å². The lowest BCUT2D eigenvalue weighted by molar-refractivity contribution is 0.321. The zero-order valence-corrected chi connectivity index (χ0v) is 15.7. The van der Waals surface area contributed by atoms with E-state index in [1.54, 1.807) is 33.8 Å². The highest BCUT2D eigenvalue weighted by molar-refractivity contribution is 7.89. The highest BCUT2D eigenvalue weighted by Gasteiger charge is 2.30. The summed E-state index contributed by atoms with van der Waals surface area (Å²) in [5, 5.41) is 2.08. The summed E-state index contributed by atoms with van der Waals surface area (Å²) in [6.45, 7) is 5.53. The largest absolute Gasteiger partial charge is 0.494 e. The molecular formula is C18H23NO3S2. The van der Waals surface area contributed by atoms with E-state index in [4.69, 9.17) is 4.74 Å². The fourth-order valence-electron chi connectivity index (χ4n) is 3.15. The maximum atomic E-state index is 12.9. The topological polar surface area (TPSA) is 46.6 Å². The number of hydrogen-bond acceptors (Lipinski definition) is 4. The average molecular weight is 366 g/mol. The third kappa shape index (κ3) is 3.50. The molecule has 0 radical (unpaired) electrons. The molecule has 1 aliphatic heterocycles. The number of nitrogens with zero attached hydrogens (tertiary/aromatic N) is 1. The Balaban J connectivity index is 1.73. The van der Waals surface area contributed by atoms with Crippen LogP contribution in [-0.4, -0.2) is 32.4 Å². The average Bonchev–Trinajstić information content (AvgIpc) is 3.11. The van der Waals surface area contributed by atoms with Crippen LogP contribution in [0, 0.1) is 6.92 Å². The number of piperidine rings is 1. The van der Waals surface area contributed by atoms with Gasteiger partial charge in [-0.25, -0.2) is 8.42 Å². The highest BCUT2D eigenvalue weighted by Crippen LogP contribution is 2.33. The molecule has 0 aliphatic carbocycles. The Morgan fingerprint density at radius 1 is 1.25 bits per heavy atom. The first-order valence-electron chi connectivity index (χ1n) is 8.29. The third-order valence-corrected chi connectivity index (χ3v) is 7.41. The summed E-state index contributed by atoms with van der Waals surface area (Å²) in [6, 6.07) is 9.33. The van der Waals surface area contributed by atoms with Crippen molar-refractivity contribution < 1.29 is 13.2 Å². The fourth-order valence-corrected chi connectivity index (χ4v) is 5.61. The van der Waals surface area contributed by atoms with Crippen molar-refractivity contribution in [3.05, 3.63) is 46.2 Å². The Hall–Kier alpha value is -1.37. The highest BCUT2D eigenvalue weighted by atomic mass is 32.2. The summed E-state index contributed by atoms with van der Waals surface area (Å²) in [7, 11) is -3.43. The Morgan fingerprint density at radius 2 is 2.00 bits per heavy atom. The van der Waals surface area contributed by atoms with Gasteiger partial charge in [-0.05, 0) is 67.8 Å². The molecule has 130 valence electrons. The molecule has 1 aromatic heterocycles. The van der Waals surface area contributed by atoms with Crippen LogP contribution in [0.25, 0.3) is 0 Å². The van der Waals surface area contributed by atoms with Crippen molar-refractivity contribution in [3.8, 4) is 5.75 Å². The van der Waals surface area contributed by atoms with Crippen molar-refractivity contribution in [2.45, 2.75) is 37.5 Å². The minimum Gasteiger partial charge on any atom is -0.494 e. The van der Waals surface area contributed by atoms with E-state index in [1.165, 1.54) is 4.88 Å². The quantitative estimate of drug-likeness (QED) is 0.804. The Bertz CT molecular complexity index is 777. The fraction of sp³-hybridized carbons (Fsp3) is 0.444. The monoisotopic (exact) mass is 365 g/mol. The molecule has 1 fully saturated rings. The van der Waals surface area contributed by atoms with Crippen molar-refractivity contribution in [1.29, 1.82) is 0 Å². The Labute approximate surface area is 148 Å². The van der Waals surface area contributed by atoms with Gasteiger partial charge < -0.3 is 4.74 Å². The number of benzene rings is 1. The van der Waals surface area contributed by atoms with Gasteiger partial charge in [-0.3, -0.25) is 0 Å². The van der Waals surface area contributed by atoms with Crippen LogP contribution in [0.3, 0.4) is 0 Å². The number of ether oxygens (including phenoxy) is 1. The number of aryl methyl sites for hydroxylation is 1. The van der Waals surface area contributed by atoms with Gasteiger partial charge >= 0.3 is 0 Å². The zero-order chi connectivity index (χ0) is 17.2. The van der Waals surface area contributed by atoms with Crippen molar-refractivity contribution >= 4 is 21.4 Å². The van der Waals surface area contributed by atoms with E-state index in [9.17, 15) is 8.42 Å². The lowest BCUT2D eigenvalue weighted by Crippen LogP contribution is -2.37. The van der Waals surface area contributed by atoms with E-state index in [0.29, 0.717) is 30.5 Å². The summed E-state index contributed by atoms with van der Waals surface area (Å²) >= 11 is 1.76. The second-order valence-corrected chi connectivity index (χ2v) is 8.97. The molecule has 3 rings (SSSR count). The van der Waals surface area contributed by atoms with Crippen LogP contribution in [0.15, 0.2) is 40.6 Å². The van der Waals surface area contributed by atoms with E-state index >= 15 is 0 Å². The van der Waals surface area contributed by atoms with Gasteiger partial charge in [0.05, 0.1) is 11.5 Å². The molecule has 6 heteroatoms. The molecule has 0 atom stereocenters. The number of thiophene rings is 1. The van der Waals surface area contributed by atoms with Crippen LogP contribution in [0.4, 0.5) is 0 Å². The van der Waals surface area contributed by atoms with Crippen molar-refractivity contribution in [3.63, 3.8) is 0 Å². The van der Waals surface area contributed by atoms with Gasteiger partial charge in [-0.1, -0.05) is 6.07 Å². The van der Waals surface area contributed by atoms with E-state index in [0.717, 1.165) is 24.2 Å². The van der Waals surface area contributed by atoms with Crippen LogP contribution in [0.2, 0.25) is 0 Å². The minimum absolute atomic E-state index is 0.359. The molecule has 1 saturated heterocycles. The third-order valence-electron chi connectivity index (χ3n) is 4.48. The van der Waals surface area contributed by atoms with E-state index in [1.807, 2.05) is 13.8 Å². The minimum atomic E-state index is -3.43. The van der Waals surface area contributed by atoms with Gasteiger partial charge in [0, 0.05) is 18.0 Å². The van der Waals surface area contributed by atoms with Crippen LogP contribution >= 0.6 is 11.3 Å². The van der Waals surface area contributed by atoms with E-state index in [2.05, 4.69) is 17.5 Å². The number of hydrogen-bond donors (Lipinski definition) is 0. The second-order valence-electron chi connectivity index (χ2n) is 6.05. The van der Waals surface area contributed by atoms with Gasteiger partial charge in [0.15, 0.2) is 0 Å². The molecule has 0 saturated carbocycles. The van der Waals surface area contributed by atoms with Crippen molar-refractivity contribution in [2.24, 2.45) is 0 Å². The summed E-state index contributed by atoms with van der Waals surface area (Å²) in [6.07, 6.45) is 1.77. The molecule has 4 nitrogen and oxygen atoms in total. The molecule has 0 amide bonds. The smallest absolute Gasteiger partial charge is 0.243 e. The number of sulfonamides is 1. The van der Waals surface area contributed by atoms with E-state index in [-0.39, 0.29) is 0 Å². The SMILES string of the molecule is CCOc1ccc(S(=O)(=O)N2CCC(c3cccs3)CC2)cc1C. The molecule has 0 unspecified atom stereocenters. The van der Waals surface area contributed by atoms with Crippen molar-refractivity contribution in [1.82, 2.24) is 4.31 Å². The lowest BCUT2D eigenvalue weighted by atomic mass is 9.97. The molecule has 2 heterocycles. The molecule has 2 aromatic rings. The Morgan fingerprint density at radius 3 is 2.58 bits per heavy atom. The predicted octanol–water partition coefficient (Wildman–Crippen LogP) is 4.02. The second kappa shape index (κ2) is 7.25. The van der Waals surface area contributed by atoms with Gasteiger partial charge in [-0.2, -0.15) is 4.31 Å². The standard InChI is InChI=1S/C18H23NO3S2/c1-3-22-17-7-6-16(13-14(17)2)24(20,21)19-10-8-15(9-11-19)18-5-4-12-23-18/h4-7,12-13,15H,3,8-11H2,1-2H3. The van der Waals surface area contributed by atoms with Gasteiger partial charge in [0.25, 0.3) is 0 Å². The first kappa shape index (κ1) is 17.5. The molecule has 0 N–H and O–H groups in total. The predicted molar refractivity (Wildman–Crippen MR) is 97.4 cm³/mol. The molecule has 24 heavy (non-hydrogen) atoms. The summed E-state index contributed by atoms with van der Waals surface area (Å²) in [5.41, 5.74) is 0.853. The number of rotatable bonds is 5.